The number of anilines is 1. The van der Waals surface area contributed by atoms with Crippen LogP contribution >= 0.6 is 23.4 Å². The Morgan fingerprint density at radius 2 is 1.69 bits per heavy atom. The van der Waals surface area contributed by atoms with Crippen molar-refractivity contribution in [1.82, 2.24) is 5.32 Å². The molecule has 0 saturated carbocycles. The number of halogens is 1. The molecule has 4 nitrogen and oxygen atoms in total. The Morgan fingerprint density at radius 3 is 2.46 bits per heavy atom. The van der Waals surface area contributed by atoms with Gasteiger partial charge in [-0.3, -0.25) is 9.59 Å². The molecule has 1 aliphatic rings. The summed E-state index contributed by atoms with van der Waals surface area (Å²) in [5.74, 6) is -0.150. The zero-order chi connectivity index (χ0) is 27.4. The number of thioether (sulfide) groups is 1. The number of aryl methyl sites for hydroxylation is 2. The normalized spacial score (nSPS) is 13.9. The van der Waals surface area contributed by atoms with Crippen LogP contribution in [0.1, 0.15) is 38.2 Å². The van der Waals surface area contributed by atoms with Crippen LogP contribution in [0, 0.1) is 13.8 Å². The van der Waals surface area contributed by atoms with Gasteiger partial charge in [0, 0.05) is 22.0 Å². The molecule has 0 atom stereocenters. The molecule has 4 aromatic rings. The summed E-state index contributed by atoms with van der Waals surface area (Å²) in [5.41, 5.74) is 6.97. The molecule has 196 valence electrons. The lowest BCUT2D eigenvalue weighted by Crippen LogP contribution is -2.34. The molecular weight excluding hydrogens is 524 g/mol. The molecule has 1 aliphatic heterocycles. The van der Waals surface area contributed by atoms with E-state index in [1.54, 1.807) is 12.1 Å². The van der Waals surface area contributed by atoms with Crippen LogP contribution < -0.4 is 10.2 Å². The third kappa shape index (κ3) is 6.44. The van der Waals surface area contributed by atoms with E-state index < -0.39 is 0 Å². The highest BCUT2D eigenvalue weighted by molar-refractivity contribution is 8.04. The minimum Gasteiger partial charge on any atom is -0.352 e. The van der Waals surface area contributed by atoms with Gasteiger partial charge in [-0.2, -0.15) is 0 Å². The summed E-state index contributed by atoms with van der Waals surface area (Å²) in [5, 5.41) is 3.66. The molecule has 5 rings (SSSR count). The molecule has 0 aliphatic carbocycles. The number of carbonyl (C=O) groups is 2. The summed E-state index contributed by atoms with van der Waals surface area (Å²) < 4.78 is 0. The Bertz CT molecular complexity index is 1550. The van der Waals surface area contributed by atoms with E-state index in [0.29, 0.717) is 28.6 Å². The average Bonchev–Trinajstić information content (AvgIpc) is 2.94. The number of nitrogens with zero attached hydrogens (tertiary/aromatic N) is 1. The predicted molar refractivity (Wildman–Crippen MR) is 161 cm³/mol. The van der Waals surface area contributed by atoms with Crippen molar-refractivity contribution in [2.75, 3.05) is 11.4 Å². The fraction of sp³-hybridized carbons (Fsp3) is 0.152. The molecule has 0 aromatic heterocycles. The standard InChI is InChI=1S/C33H29ClN2O2S/c1-22-7-8-23(2)27(19-22)21-36-29-5-3-4-6-30(29)39-31(33(36)38)20-25-9-13-26(14-10-25)32(37)35-18-17-24-11-15-28(34)16-12-24/h3-16,19-20H,17-18,21H2,1-2H3,(H,35,37). The second kappa shape index (κ2) is 11.9. The van der Waals surface area contributed by atoms with Crippen molar-refractivity contribution in [2.24, 2.45) is 0 Å². The second-order valence-electron chi connectivity index (χ2n) is 9.65. The number of amides is 2. The minimum atomic E-state index is -0.125. The molecule has 0 saturated heterocycles. The number of fused-ring (bicyclic) bond motifs is 1. The predicted octanol–water partition coefficient (Wildman–Crippen LogP) is 7.61. The van der Waals surface area contributed by atoms with Crippen LogP contribution in [0.15, 0.2) is 101 Å². The number of para-hydroxylation sites is 1. The Morgan fingerprint density at radius 1 is 0.949 bits per heavy atom. The molecular formula is C33H29ClN2O2S. The van der Waals surface area contributed by atoms with Gasteiger partial charge in [-0.25, -0.2) is 0 Å². The van der Waals surface area contributed by atoms with Gasteiger partial charge in [0.1, 0.15) is 0 Å². The van der Waals surface area contributed by atoms with Crippen LogP contribution in [-0.4, -0.2) is 18.4 Å². The van der Waals surface area contributed by atoms with Crippen molar-refractivity contribution < 1.29 is 9.59 Å². The molecule has 0 spiro atoms. The maximum atomic E-state index is 13.7. The quantitative estimate of drug-likeness (QED) is 0.240. The summed E-state index contributed by atoms with van der Waals surface area (Å²) in [6.07, 6.45) is 2.63. The van der Waals surface area contributed by atoms with E-state index in [0.717, 1.165) is 39.3 Å². The Labute approximate surface area is 238 Å². The highest BCUT2D eigenvalue weighted by Crippen LogP contribution is 2.42. The molecule has 1 heterocycles. The van der Waals surface area contributed by atoms with Crippen LogP contribution in [-0.2, 0) is 17.8 Å². The number of benzene rings is 4. The summed E-state index contributed by atoms with van der Waals surface area (Å²) in [4.78, 5) is 29.9. The number of nitrogens with one attached hydrogen (secondary N) is 1. The van der Waals surface area contributed by atoms with Crippen molar-refractivity contribution in [1.29, 1.82) is 0 Å². The zero-order valence-electron chi connectivity index (χ0n) is 21.9. The molecule has 2 amide bonds. The third-order valence-corrected chi connectivity index (χ3v) is 8.08. The molecule has 0 unspecified atom stereocenters. The minimum absolute atomic E-state index is 0.0244. The van der Waals surface area contributed by atoms with Gasteiger partial charge in [0.05, 0.1) is 17.1 Å². The zero-order valence-corrected chi connectivity index (χ0v) is 23.5. The summed E-state index contributed by atoms with van der Waals surface area (Å²) in [6, 6.07) is 29.3. The van der Waals surface area contributed by atoms with Crippen molar-refractivity contribution in [2.45, 2.75) is 31.7 Å². The van der Waals surface area contributed by atoms with Gasteiger partial charge in [0.15, 0.2) is 0 Å². The lowest BCUT2D eigenvalue weighted by atomic mass is 10.0. The Hall–Kier alpha value is -3.80. The highest BCUT2D eigenvalue weighted by atomic mass is 35.5. The van der Waals surface area contributed by atoms with E-state index in [2.05, 4.69) is 37.4 Å². The van der Waals surface area contributed by atoms with Crippen LogP contribution in [0.3, 0.4) is 0 Å². The Balaban J connectivity index is 1.30. The van der Waals surface area contributed by atoms with Gasteiger partial charge in [0.25, 0.3) is 11.8 Å². The number of carbonyl (C=O) groups excluding carboxylic acids is 2. The van der Waals surface area contributed by atoms with E-state index in [4.69, 9.17) is 11.6 Å². The third-order valence-electron chi connectivity index (χ3n) is 6.75. The van der Waals surface area contributed by atoms with Gasteiger partial charge in [-0.05, 0) is 85.0 Å². The molecule has 0 radical (unpaired) electrons. The molecule has 1 N–H and O–H groups in total. The van der Waals surface area contributed by atoms with E-state index in [1.165, 1.54) is 17.3 Å². The first-order valence-corrected chi connectivity index (χ1v) is 14.1. The summed E-state index contributed by atoms with van der Waals surface area (Å²) in [6.45, 7) is 5.19. The van der Waals surface area contributed by atoms with Crippen molar-refractivity contribution in [3.8, 4) is 0 Å². The maximum absolute atomic E-state index is 13.7. The Kier molecular flexibility index (Phi) is 8.20. The molecule has 4 aromatic carbocycles. The van der Waals surface area contributed by atoms with Gasteiger partial charge < -0.3 is 10.2 Å². The van der Waals surface area contributed by atoms with Gasteiger partial charge in [0.2, 0.25) is 0 Å². The average molecular weight is 553 g/mol. The monoisotopic (exact) mass is 552 g/mol. The first-order chi connectivity index (χ1) is 18.9. The van der Waals surface area contributed by atoms with Crippen molar-refractivity contribution in [3.05, 3.63) is 134 Å². The fourth-order valence-corrected chi connectivity index (χ4v) is 5.70. The summed E-state index contributed by atoms with van der Waals surface area (Å²) in [7, 11) is 0. The highest BCUT2D eigenvalue weighted by Gasteiger charge is 2.29. The second-order valence-corrected chi connectivity index (χ2v) is 11.2. The number of hydrogen-bond acceptors (Lipinski definition) is 3. The molecule has 0 fully saturated rings. The first kappa shape index (κ1) is 26.8. The van der Waals surface area contributed by atoms with Gasteiger partial charge >= 0.3 is 0 Å². The first-order valence-electron chi connectivity index (χ1n) is 12.9. The van der Waals surface area contributed by atoms with E-state index in [1.807, 2.05) is 71.6 Å². The van der Waals surface area contributed by atoms with Crippen LogP contribution in [0.5, 0.6) is 0 Å². The van der Waals surface area contributed by atoms with Crippen LogP contribution in [0.2, 0.25) is 5.02 Å². The SMILES string of the molecule is Cc1ccc(C)c(CN2C(=O)C(=Cc3ccc(C(=O)NCCc4ccc(Cl)cc4)cc3)Sc3ccccc32)c1. The van der Waals surface area contributed by atoms with Crippen molar-refractivity contribution >= 4 is 46.9 Å². The molecule has 0 bridgehead atoms. The largest absolute Gasteiger partial charge is 0.352 e. The lowest BCUT2D eigenvalue weighted by molar-refractivity contribution is -0.114. The lowest BCUT2D eigenvalue weighted by Gasteiger charge is -2.31. The van der Waals surface area contributed by atoms with Gasteiger partial charge in [-0.1, -0.05) is 83.5 Å². The molecule has 39 heavy (non-hydrogen) atoms. The maximum Gasteiger partial charge on any atom is 0.265 e. The van der Waals surface area contributed by atoms with E-state index in [-0.39, 0.29) is 11.8 Å². The topological polar surface area (TPSA) is 49.4 Å². The fourth-order valence-electron chi connectivity index (χ4n) is 4.52. The van der Waals surface area contributed by atoms with Crippen molar-refractivity contribution in [3.63, 3.8) is 0 Å². The van der Waals surface area contributed by atoms with Crippen LogP contribution in [0.25, 0.3) is 6.08 Å². The van der Waals surface area contributed by atoms with Crippen LogP contribution in [0.4, 0.5) is 5.69 Å². The van der Waals surface area contributed by atoms with Gasteiger partial charge in [-0.15, -0.1) is 0 Å². The number of rotatable bonds is 7. The smallest absolute Gasteiger partial charge is 0.265 e. The summed E-state index contributed by atoms with van der Waals surface area (Å²) >= 11 is 7.42. The van der Waals surface area contributed by atoms with E-state index >= 15 is 0 Å². The number of hydrogen-bond donors (Lipinski definition) is 1. The molecule has 6 heteroatoms. The van der Waals surface area contributed by atoms with E-state index in [9.17, 15) is 9.59 Å².